The highest BCUT2D eigenvalue weighted by Crippen LogP contribution is 2.23. The van der Waals surface area contributed by atoms with Gasteiger partial charge in [-0.2, -0.15) is 0 Å². The highest BCUT2D eigenvalue weighted by atomic mass is 32.2. The number of thioether (sulfide) groups is 1. The summed E-state index contributed by atoms with van der Waals surface area (Å²) < 4.78 is 0. The van der Waals surface area contributed by atoms with E-state index in [0.29, 0.717) is 0 Å². The predicted octanol–water partition coefficient (Wildman–Crippen LogP) is 3.99. The zero-order valence-electron chi connectivity index (χ0n) is 12.2. The maximum Gasteiger partial charge on any atom is 0.166 e. The van der Waals surface area contributed by atoms with Gasteiger partial charge in [-0.05, 0) is 43.2 Å². The lowest BCUT2D eigenvalue weighted by molar-refractivity contribution is 1.08. The summed E-state index contributed by atoms with van der Waals surface area (Å²) in [6, 6.07) is 10.4. The van der Waals surface area contributed by atoms with Gasteiger partial charge in [0.25, 0.3) is 0 Å². The van der Waals surface area contributed by atoms with Crippen LogP contribution in [0.25, 0.3) is 11.0 Å². The molecule has 0 bridgehead atoms. The van der Waals surface area contributed by atoms with Crippen LogP contribution >= 0.6 is 11.8 Å². The van der Waals surface area contributed by atoms with E-state index in [0.717, 1.165) is 34.3 Å². The lowest BCUT2D eigenvalue weighted by atomic mass is 10.2. The Hall–Kier alpha value is -2.01. The second-order valence-electron chi connectivity index (χ2n) is 4.93. The summed E-state index contributed by atoms with van der Waals surface area (Å²) in [6.07, 6.45) is 1.91. The van der Waals surface area contributed by atoms with Gasteiger partial charge in [-0.25, -0.2) is 9.97 Å². The largest absolute Gasteiger partial charge is 0.370 e. The standard InChI is InChI=1S/C16H18N4S/c1-3-17-15-7-5-12(9-18-15)10-21-16-19-13-6-4-11(2)8-14(13)20-16/h4-9H,3,10H2,1-2H3,(H,17,18)(H,19,20). The normalized spacial score (nSPS) is 11.0. The number of pyridine rings is 1. The van der Waals surface area contributed by atoms with Crippen LogP contribution in [0.1, 0.15) is 18.1 Å². The molecule has 2 N–H and O–H groups in total. The van der Waals surface area contributed by atoms with E-state index < -0.39 is 0 Å². The lowest BCUT2D eigenvalue weighted by Gasteiger charge is -2.03. The highest BCUT2D eigenvalue weighted by molar-refractivity contribution is 7.98. The number of aryl methyl sites for hydroxylation is 1. The number of imidazole rings is 1. The Morgan fingerprint density at radius 3 is 2.90 bits per heavy atom. The minimum Gasteiger partial charge on any atom is -0.370 e. The molecule has 3 rings (SSSR count). The molecule has 0 amide bonds. The second-order valence-corrected chi connectivity index (χ2v) is 5.90. The fraction of sp³-hybridized carbons (Fsp3) is 0.250. The van der Waals surface area contributed by atoms with Gasteiger partial charge < -0.3 is 10.3 Å². The number of H-pyrrole nitrogens is 1. The number of hydrogen-bond donors (Lipinski definition) is 2. The Morgan fingerprint density at radius 1 is 1.24 bits per heavy atom. The number of nitrogens with zero attached hydrogens (tertiary/aromatic N) is 2. The third-order valence-electron chi connectivity index (χ3n) is 3.17. The van der Waals surface area contributed by atoms with Gasteiger partial charge in [0, 0.05) is 18.5 Å². The molecule has 0 saturated carbocycles. The molecule has 0 saturated heterocycles. The van der Waals surface area contributed by atoms with Crippen molar-refractivity contribution in [3.63, 3.8) is 0 Å². The van der Waals surface area contributed by atoms with Crippen molar-refractivity contribution in [2.24, 2.45) is 0 Å². The highest BCUT2D eigenvalue weighted by Gasteiger charge is 2.04. The second kappa shape index (κ2) is 6.18. The van der Waals surface area contributed by atoms with Gasteiger partial charge in [-0.3, -0.25) is 0 Å². The van der Waals surface area contributed by atoms with Crippen LogP contribution < -0.4 is 5.32 Å². The summed E-state index contributed by atoms with van der Waals surface area (Å²) in [7, 11) is 0. The predicted molar refractivity (Wildman–Crippen MR) is 88.8 cm³/mol. The van der Waals surface area contributed by atoms with Crippen molar-refractivity contribution in [3.8, 4) is 0 Å². The number of aromatic nitrogens is 3. The number of hydrogen-bond acceptors (Lipinski definition) is 4. The van der Waals surface area contributed by atoms with Crippen LogP contribution in [-0.4, -0.2) is 21.5 Å². The molecule has 0 aliphatic rings. The Bertz CT molecular complexity index is 734. The van der Waals surface area contributed by atoms with Crippen molar-refractivity contribution in [1.29, 1.82) is 0 Å². The number of nitrogens with one attached hydrogen (secondary N) is 2. The first-order valence-corrected chi connectivity index (χ1v) is 8.01. The number of rotatable bonds is 5. The Kier molecular flexibility index (Phi) is 4.10. The topological polar surface area (TPSA) is 53.6 Å². The minimum absolute atomic E-state index is 0.859. The van der Waals surface area contributed by atoms with E-state index in [1.165, 1.54) is 11.1 Å². The average molecular weight is 298 g/mol. The van der Waals surface area contributed by atoms with Gasteiger partial charge in [-0.15, -0.1) is 0 Å². The molecular weight excluding hydrogens is 280 g/mol. The first-order chi connectivity index (χ1) is 10.2. The molecule has 2 heterocycles. The number of fused-ring (bicyclic) bond motifs is 1. The van der Waals surface area contributed by atoms with E-state index >= 15 is 0 Å². The fourth-order valence-electron chi connectivity index (χ4n) is 2.12. The van der Waals surface area contributed by atoms with Crippen molar-refractivity contribution in [2.45, 2.75) is 24.8 Å². The molecule has 0 atom stereocenters. The maximum absolute atomic E-state index is 4.59. The molecule has 1 aromatic carbocycles. The fourth-order valence-corrected chi connectivity index (χ4v) is 2.93. The molecule has 0 fully saturated rings. The zero-order chi connectivity index (χ0) is 14.7. The van der Waals surface area contributed by atoms with Crippen LogP contribution in [0, 0.1) is 6.92 Å². The zero-order valence-corrected chi connectivity index (χ0v) is 13.0. The Balaban J connectivity index is 1.68. The van der Waals surface area contributed by atoms with Gasteiger partial charge in [0.1, 0.15) is 5.82 Å². The first-order valence-electron chi connectivity index (χ1n) is 7.02. The molecule has 108 valence electrons. The SMILES string of the molecule is CCNc1ccc(CSc2nc3ccc(C)cc3[nH]2)cn1. The molecule has 3 aromatic rings. The molecule has 0 spiro atoms. The Labute approximate surface area is 128 Å². The van der Waals surface area contributed by atoms with Crippen molar-refractivity contribution in [2.75, 3.05) is 11.9 Å². The monoisotopic (exact) mass is 298 g/mol. The molecule has 0 unspecified atom stereocenters. The number of benzene rings is 1. The van der Waals surface area contributed by atoms with Crippen molar-refractivity contribution in [3.05, 3.63) is 47.7 Å². The minimum atomic E-state index is 0.859. The summed E-state index contributed by atoms with van der Waals surface area (Å²) in [5.41, 5.74) is 4.55. The van der Waals surface area contributed by atoms with Crippen LogP contribution in [0.2, 0.25) is 0 Å². The van der Waals surface area contributed by atoms with Crippen molar-refractivity contribution >= 4 is 28.6 Å². The van der Waals surface area contributed by atoms with Crippen LogP contribution in [-0.2, 0) is 5.75 Å². The van der Waals surface area contributed by atoms with Gasteiger partial charge in [0.2, 0.25) is 0 Å². The van der Waals surface area contributed by atoms with Crippen LogP contribution in [0.4, 0.5) is 5.82 Å². The summed E-state index contributed by atoms with van der Waals surface area (Å²) in [4.78, 5) is 12.3. The van der Waals surface area contributed by atoms with E-state index in [2.05, 4.69) is 58.4 Å². The van der Waals surface area contributed by atoms with Crippen LogP contribution in [0.3, 0.4) is 0 Å². The molecule has 5 heteroatoms. The van der Waals surface area contributed by atoms with Gasteiger partial charge in [-0.1, -0.05) is 23.9 Å². The number of anilines is 1. The molecule has 21 heavy (non-hydrogen) atoms. The third-order valence-corrected chi connectivity index (χ3v) is 4.12. The van der Waals surface area contributed by atoms with E-state index in [-0.39, 0.29) is 0 Å². The average Bonchev–Trinajstić information content (AvgIpc) is 2.89. The number of aromatic amines is 1. The summed E-state index contributed by atoms with van der Waals surface area (Å²) in [5, 5.41) is 4.15. The molecule has 0 radical (unpaired) electrons. The van der Waals surface area contributed by atoms with E-state index in [4.69, 9.17) is 0 Å². The molecule has 0 aliphatic heterocycles. The summed E-state index contributed by atoms with van der Waals surface area (Å²) in [6.45, 7) is 5.04. The van der Waals surface area contributed by atoms with Crippen molar-refractivity contribution < 1.29 is 0 Å². The van der Waals surface area contributed by atoms with Crippen molar-refractivity contribution in [1.82, 2.24) is 15.0 Å². The van der Waals surface area contributed by atoms with Crippen LogP contribution in [0.15, 0.2) is 41.7 Å². The quantitative estimate of drug-likeness (QED) is 0.699. The van der Waals surface area contributed by atoms with Gasteiger partial charge in [0.05, 0.1) is 11.0 Å². The first kappa shape index (κ1) is 13.9. The van der Waals surface area contributed by atoms with E-state index in [1.54, 1.807) is 11.8 Å². The van der Waals surface area contributed by atoms with E-state index in [9.17, 15) is 0 Å². The third kappa shape index (κ3) is 3.36. The maximum atomic E-state index is 4.59. The summed E-state index contributed by atoms with van der Waals surface area (Å²) >= 11 is 1.70. The Morgan fingerprint density at radius 2 is 2.14 bits per heavy atom. The molecule has 0 aliphatic carbocycles. The molecule has 2 aromatic heterocycles. The van der Waals surface area contributed by atoms with Gasteiger partial charge >= 0.3 is 0 Å². The lowest BCUT2D eigenvalue weighted by Crippen LogP contribution is -1.98. The molecule has 4 nitrogen and oxygen atoms in total. The van der Waals surface area contributed by atoms with E-state index in [1.807, 2.05) is 12.3 Å². The smallest absolute Gasteiger partial charge is 0.166 e. The molecular formula is C16H18N4S. The van der Waals surface area contributed by atoms with Gasteiger partial charge in [0.15, 0.2) is 5.16 Å². The van der Waals surface area contributed by atoms with Crippen LogP contribution in [0.5, 0.6) is 0 Å². The summed E-state index contributed by atoms with van der Waals surface area (Å²) in [5.74, 6) is 1.78.